The summed E-state index contributed by atoms with van der Waals surface area (Å²) in [6.07, 6.45) is 3.76. The van der Waals surface area contributed by atoms with Gasteiger partial charge in [-0.1, -0.05) is 26.8 Å². The summed E-state index contributed by atoms with van der Waals surface area (Å²) in [7, 11) is 0. The maximum atomic E-state index is 9.19. The lowest BCUT2D eigenvalue weighted by atomic mass is 9.86. The van der Waals surface area contributed by atoms with Gasteiger partial charge in [0, 0.05) is 30.3 Å². The lowest BCUT2D eigenvalue weighted by molar-refractivity contribution is 0.277. The number of benzene rings is 1. The molecule has 2 aromatic rings. The summed E-state index contributed by atoms with van der Waals surface area (Å²) in [6.45, 7) is 7.62. The van der Waals surface area contributed by atoms with E-state index in [-0.39, 0.29) is 18.6 Å². The molecule has 0 bridgehead atoms. The molecule has 0 unspecified atom stereocenters. The molecule has 0 saturated heterocycles. The van der Waals surface area contributed by atoms with E-state index < -0.39 is 0 Å². The SMILES string of the molecule is CC(C)(C)c1ccc2c(c1)c(CCCO)cn2CCO. The lowest BCUT2D eigenvalue weighted by Crippen LogP contribution is -2.10. The Hall–Kier alpha value is -1.32. The zero-order valence-electron chi connectivity index (χ0n) is 12.7. The van der Waals surface area contributed by atoms with E-state index in [1.54, 1.807) is 0 Å². The summed E-state index contributed by atoms with van der Waals surface area (Å²) in [5, 5.41) is 19.5. The van der Waals surface area contributed by atoms with Crippen molar-refractivity contribution < 1.29 is 10.2 Å². The molecule has 0 radical (unpaired) electrons. The van der Waals surface area contributed by atoms with Gasteiger partial charge in [0.1, 0.15) is 0 Å². The molecule has 1 aromatic carbocycles. The Labute approximate surface area is 120 Å². The van der Waals surface area contributed by atoms with Gasteiger partial charge in [0.15, 0.2) is 0 Å². The molecule has 1 aromatic heterocycles. The van der Waals surface area contributed by atoms with E-state index in [0.717, 1.165) is 12.8 Å². The maximum Gasteiger partial charge on any atom is 0.0610 e. The third-order valence-electron chi connectivity index (χ3n) is 3.77. The number of aliphatic hydroxyl groups is 2. The van der Waals surface area contributed by atoms with E-state index in [9.17, 15) is 5.11 Å². The minimum Gasteiger partial charge on any atom is -0.396 e. The highest BCUT2D eigenvalue weighted by atomic mass is 16.3. The van der Waals surface area contributed by atoms with Crippen molar-refractivity contribution >= 4 is 10.9 Å². The van der Waals surface area contributed by atoms with Crippen molar-refractivity contribution in [2.75, 3.05) is 13.2 Å². The number of hydrogen-bond donors (Lipinski definition) is 2. The summed E-state index contributed by atoms with van der Waals surface area (Å²) in [5.74, 6) is 0. The Balaban J connectivity index is 2.52. The minimum atomic E-state index is 0.127. The normalized spacial score (nSPS) is 12.2. The van der Waals surface area contributed by atoms with Crippen LogP contribution in [0.2, 0.25) is 0 Å². The first-order valence-corrected chi connectivity index (χ1v) is 7.31. The van der Waals surface area contributed by atoms with Gasteiger partial charge < -0.3 is 14.8 Å². The topological polar surface area (TPSA) is 45.4 Å². The van der Waals surface area contributed by atoms with Crippen molar-refractivity contribution in [3.8, 4) is 0 Å². The summed E-state index contributed by atoms with van der Waals surface area (Å²) in [5.41, 5.74) is 3.87. The summed E-state index contributed by atoms with van der Waals surface area (Å²) >= 11 is 0. The van der Waals surface area contributed by atoms with Gasteiger partial charge in [0.05, 0.1) is 6.61 Å². The fourth-order valence-electron chi connectivity index (χ4n) is 2.60. The first-order chi connectivity index (χ1) is 9.47. The van der Waals surface area contributed by atoms with Crippen LogP contribution in [0.5, 0.6) is 0 Å². The van der Waals surface area contributed by atoms with Crippen LogP contribution in [0.25, 0.3) is 10.9 Å². The summed E-state index contributed by atoms with van der Waals surface area (Å²) < 4.78 is 2.11. The molecule has 3 nitrogen and oxygen atoms in total. The van der Waals surface area contributed by atoms with Gasteiger partial charge in [-0.05, 0) is 41.5 Å². The van der Waals surface area contributed by atoms with Crippen molar-refractivity contribution in [2.45, 2.75) is 45.6 Å². The van der Waals surface area contributed by atoms with Crippen molar-refractivity contribution in [1.29, 1.82) is 0 Å². The van der Waals surface area contributed by atoms with E-state index in [4.69, 9.17) is 5.11 Å². The highest BCUT2D eigenvalue weighted by molar-refractivity contribution is 5.85. The van der Waals surface area contributed by atoms with E-state index >= 15 is 0 Å². The fraction of sp³-hybridized carbons (Fsp3) is 0.529. The molecule has 0 saturated carbocycles. The lowest BCUT2D eigenvalue weighted by Gasteiger charge is -2.19. The maximum absolute atomic E-state index is 9.19. The monoisotopic (exact) mass is 275 g/mol. The Morgan fingerprint density at radius 1 is 1.10 bits per heavy atom. The molecule has 2 rings (SSSR count). The highest BCUT2D eigenvalue weighted by Crippen LogP contribution is 2.29. The Morgan fingerprint density at radius 2 is 1.85 bits per heavy atom. The quantitative estimate of drug-likeness (QED) is 0.881. The van der Waals surface area contributed by atoms with Crippen LogP contribution in [0, 0.1) is 0 Å². The molecule has 0 aliphatic rings. The minimum absolute atomic E-state index is 0.127. The van der Waals surface area contributed by atoms with Crippen LogP contribution in [0.4, 0.5) is 0 Å². The molecule has 0 aliphatic heterocycles. The number of hydrogen-bond acceptors (Lipinski definition) is 2. The summed E-state index contributed by atoms with van der Waals surface area (Å²) in [6, 6.07) is 6.58. The molecular weight excluding hydrogens is 250 g/mol. The second kappa shape index (κ2) is 5.98. The smallest absolute Gasteiger partial charge is 0.0610 e. The van der Waals surface area contributed by atoms with Gasteiger partial charge in [0.2, 0.25) is 0 Å². The predicted molar refractivity (Wildman–Crippen MR) is 83.1 cm³/mol. The Morgan fingerprint density at radius 3 is 2.45 bits per heavy atom. The second-order valence-electron chi connectivity index (χ2n) is 6.38. The molecule has 0 amide bonds. The number of aromatic nitrogens is 1. The van der Waals surface area contributed by atoms with Crippen LogP contribution in [-0.4, -0.2) is 28.0 Å². The first-order valence-electron chi connectivity index (χ1n) is 7.31. The van der Waals surface area contributed by atoms with Gasteiger partial charge >= 0.3 is 0 Å². The largest absolute Gasteiger partial charge is 0.396 e. The molecule has 0 aliphatic carbocycles. The van der Waals surface area contributed by atoms with E-state index in [2.05, 4.69) is 49.7 Å². The van der Waals surface area contributed by atoms with E-state index in [0.29, 0.717) is 6.54 Å². The van der Waals surface area contributed by atoms with Crippen molar-refractivity contribution in [1.82, 2.24) is 4.57 Å². The number of rotatable bonds is 5. The summed E-state index contributed by atoms with van der Waals surface area (Å²) in [4.78, 5) is 0. The zero-order valence-corrected chi connectivity index (χ0v) is 12.7. The molecule has 20 heavy (non-hydrogen) atoms. The van der Waals surface area contributed by atoms with Gasteiger partial charge in [-0.15, -0.1) is 0 Å². The molecule has 0 atom stereocenters. The van der Waals surface area contributed by atoms with Gasteiger partial charge in [-0.25, -0.2) is 0 Å². The van der Waals surface area contributed by atoms with Gasteiger partial charge in [-0.2, -0.15) is 0 Å². The molecule has 110 valence electrons. The predicted octanol–water partition coefficient (Wildman–Crippen LogP) is 2.86. The first kappa shape index (κ1) is 15.1. The number of fused-ring (bicyclic) bond motifs is 1. The standard InChI is InChI=1S/C17H25NO2/c1-17(2,3)14-6-7-16-15(11-14)13(5-4-9-19)12-18(16)8-10-20/h6-7,11-12,19-20H,4-5,8-10H2,1-3H3. The van der Waals surface area contributed by atoms with Crippen molar-refractivity contribution in [2.24, 2.45) is 0 Å². The molecule has 3 heteroatoms. The Bertz CT molecular complexity index is 578. The van der Waals surface area contributed by atoms with Crippen LogP contribution in [0.1, 0.15) is 38.3 Å². The fourth-order valence-corrected chi connectivity index (χ4v) is 2.60. The zero-order chi connectivity index (χ0) is 14.8. The molecule has 1 heterocycles. The van der Waals surface area contributed by atoms with E-state index in [1.165, 1.54) is 22.0 Å². The highest BCUT2D eigenvalue weighted by Gasteiger charge is 2.16. The third-order valence-corrected chi connectivity index (χ3v) is 3.77. The van der Waals surface area contributed by atoms with Crippen LogP contribution in [0.15, 0.2) is 24.4 Å². The number of aliphatic hydroxyl groups excluding tert-OH is 2. The van der Waals surface area contributed by atoms with Gasteiger partial charge in [0.25, 0.3) is 0 Å². The third kappa shape index (κ3) is 3.05. The second-order valence-corrected chi connectivity index (χ2v) is 6.38. The number of aryl methyl sites for hydroxylation is 1. The van der Waals surface area contributed by atoms with Gasteiger partial charge in [-0.3, -0.25) is 0 Å². The van der Waals surface area contributed by atoms with Crippen molar-refractivity contribution in [3.63, 3.8) is 0 Å². The average molecular weight is 275 g/mol. The molecular formula is C17H25NO2. The molecule has 0 spiro atoms. The Kier molecular flexibility index (Phi) is 4.51. The van der Waals surface area contributed by atoms with Crippen LogP contribution >= 0.6 is 0 Å². The molecule has 0 fully saturated rings. The average Bonchev–Trinajstić information content (AvgIpc) is 2.74. The number of nitrogens with zero attached hydrogens (tertiary/aromatic N) is 1. The van der Waals surface area contributed by atoms with Crippen LogP contribution in [-0.2, 0) is 18.4 Å². The molecule has 2 N–H and O–H groups in total. The van der Waals surface area contributed by atoms with Crippen molar-refractivity contribution in [3.05, 3.63) is 35.5 Å². The van der Waals surface area contributed by atoms with Crippen LogP contribution in [0.3, 0.4) is 0 Å². The van der Waals surface area contributed by atoms with E-state index in [1.807, 2.05) is 0 Å². The van der Waals surface area contributed by atoms with Crippen LogP contribution < -0.4 is 0 Å².